The maximum atomic E-state index is 12.1. The van der Waals surface area contributed by atoms with E-state index in [0.29, 0.717) is 5.92 Å². The number of amides is 2. The average molecular weight is 237 g/mol. The Morgan fingerprint density at radius 2 is 1.94 bits per heavy atom. The van der Waals surface area contributed by atoms with Gasteiger partial charge in [0.15, 0.2) is 0 Å². The largest absolute Gasteiger partial charge is 0.343 e. The monoisotopic (exact) mass is 237 g/mol. The first-order chi connectivity index (χ1) is 8.15. The van der Waals surface area contributed by atoms with Crippen LogP contribution >= 0.6 is 0 Å². The van der Waals surface area contributed by atoms with Gasteiger partial charge >= 0.3 is 0 Å². The standard InChI is InChI=1S/C12H19N3O2/c1-8-12(17)15(7-11(16)13-8)10-6-14-4-2-9(10)3-5-14/h8-10H,2-7H2,1H3,(H,13,16). The fourth-order valence-electron chi connectivity index (χ4n) is 3.40. The number of carbonyl (C=O) groups excluding carboxylic acids is 2. The summed E-state index contributed by atoms with van der Waals surface area (Å²) in [5.74, 6) is 0.666. The highest BCUT2D eigenvalue weighted by molar-refractivity contribution is 5.94. The summed E-state index contributed by atoms with van der Waals surface area (Å²) in [6.45, 7) is 5.29. The highest BCUT2D eigenvalue weighted by Gasteiger charge is 2.42. The van der Waals surface area contributed by atoms with Gasteiger partial charge in [-0.05, 0) is 38.8 Å². The van der Waals surface area contributed by atoms with Gasteiger partial charge < -0.3 is 15.1 Å². The van der Waals surface area contributed by atoms with Crippen molar-refractivity contribution in [2.24, 2.45) is 5.92 Å². The topological polar surface area (TPSA) is 52.7 Å². The Morgan fingerprint density at radius 3 is 2.53 bits per heavy atom. The van der Waals surface area contributed by atoms with Crippen molar-refractivity contribution in [1.82, 2.24) is 15.1 Å². The molecular weight excluding hydrogens is 218 g/mol. The molecule has 2 bridgehead atoms. The van der Waals surface area contributed by atoms with Crippen LogP contribution in [-0.2, 0) is 9.59 Å². The van der Waals surface area contributed by atoms with E-state index in [1.807, 2.05) is 4.90 Å². The molecule has 17 heavy (non-hydrogen) atoms. The van der Waals surface area contributed by atoms with Gasteiger partial charge in [0.25, 0.3) is 0 Å². The summed E-state index contributed by atoms with van der Waals surface area (Å²) in [5.41, 5.74) is 0. The Labute approximate surface area is 101 Å². The van der Waals surface area contributed by atoms with Crippen molar-refractivity contribution in [2.75, 3.05) is 26.2 Å². The fourth-order valence-corrected chi connectivity index (χ4v) is 3.40. The van der Waals surface area contributed by atoms with Crippen molar-refractivity contribution in [1.29, 1.82) is 0 Å². The Hall–Kier alpha value is -1.10. The second kappa shape index (κ2) is 3.98. The zero-order valence-electron chi connectivity index (χ0n) is 10.2. The predicted octanol–water partition coefficient (Wildman–Crippen LogP) is -0.572. The number of hydrogen-bond acceptors (Lipinski definition) is 3. The van der Waals surface area contributed by atoms with Crippen molar-refractivity contribution in [3.05, 3.63) is 0 Å². The maximum Gasteiger partial charge on any atom is 0.245 e. The SMILES string of the molecule is CC1NC(=O)CN(C2CN3CCC2CC3)C1=O. The summed E-state index contributed by atoms with van der Waals surface area (Å²) >= 11 is 0. The Morgan fingerprint density at radius 1 is 1.24 bits per heavy atom. The van der Waals surface area contributed by atoms with Crippen LogP contribution in [0.1, 0.15) is 19.8 Å². The number of piperazine rings is 1. The van der Waals surface area contributed by atoms with E-state index in [-0.39, 0.29) is 30.4 Å². The van der Waals surface area contributed by atoms with Crippen molar-refractivity contribution in [2.45, 2.75) is 31.8 Å². The van der Waals surface area contributed by atoms with Gasteiger partial charge in [-0.3, -0.25) is 9.59 Å². The summed E-state index contributed by atoms with van der Waals surface area (Å²) in [6, 6.07) is -0.0924. The summed E-state index contributed by atoms with van der Waals surface area (Å²) in [5, 5.41) is 2.70. The van der Waals surface area contributed by atoms with E-state index in [9.17, 15) is 9.59 Å². The van der Waals surface area contributed by atoms with E-state index >= 15 is 0 Å². The molecule has 0 radical (unpaired) electrons. The summed E-state index contributed by atoms with van der Waals surface area (Å²) in [7, 11) is 0. The smallest absolute Gasteiger partial charge is 0.245 e. The molecule has 0 aromatic carbocycles. The van der Waals surface area contributed by atoms with Crippen LogP contribution in [0.3, 0.4) is 0 Å². The van der Waals surface area contributed by atoms with Gasteiger partial charge in [-0.2, -0.15) is 0 Å². The average Bonchev–Trinajstić information content (AvgIpc) is 2.35. The summed E-state index contributed by atoms with van der Waals surface area (Å²) < 4.78 is 0. The zero-order valence-corrected chi connectivity index (χ0v) is 10.2. The van der Waals surface area contributed by atoms with Gasteiger partial charge in [-0.1, -0.05) is 0 Å². The minimum Gasteiger partial charge on any atom is -0.343 e. The molecule has 94 valence electrons. The van der Waals surface area contributed by atoms with Gasteiger partial charge in [0, 0.05) is 12.6 Å². The van der Waals surface area contributed by atoms with Crippen molar-refractivity contribution in [3.8, 4) is 0 Å². The van der Waals surface area contributed by atoms with Crippen molar-refractivity contribution < 1.29 is 9.59 Å². The normalized spacial score (nSPS) is 41.6. The van der Waals surface area contributed by atoms with Gasteiger partial charge in [-0.15, -0.1) is 0 Å². The number of hydrogen-bond donors (Lipinski definition) is 1. The minimum atomic E-state index is -0.355. The van der Waals surface area contributed by atoms with Crippen LogP contribution in [0.15, 0.2) is 0 Å². The molecule has 2 amide bonds. The van der Waals surface area contributed by atoms with Crippen LogP contribution in [-0.4, -0.2) is 59.9 Å². The molecule has 0 aromatic heterocycles. The molecule has 4 aliphatic heterocycles. The molecule has 4 rings (SSSR count). The third-order valence-electron chi connectivity index (χ3n) is 4.37. The lowest BCUT2D eigenvalue weighted by Crippen LogP contribution is -2.65. The molecule has 0 aromatic rings. The van der Waals surface area contributed by atoms with Crippen molar-refractivity contribution >= 4 is 11.8 Å². The molecule has 5 heteroatoms. The van der Waals surface area contributed by atoms with Gasteiger partial charge in [-0.25, -0.2) is 0 Å². The van der Waals surface area contributed by atoms with Crippen LogP contribution in [0.5, 0.6) is 0 Å². The van der Waals surface area contributed by atoms with Gasteiger partial charge in [0.2, 0.25) is 11.8 Å². The van der Waals surface area contributed by atoms with Crippen LogP contribution < -0.4 is 5.32 Å². The molecule has 0 spiro atoms. The number of piperidine rings is 3. The number of nitrogens with zero attached hydrogens (tertiary/aromatic N) is 2. The maximum absolute atomic E-state index is 12.1. The molecule has 2 atom stereocenters. The molecular formula is C12H19N3O2. The first-order valence-corrected chi connectivity index (χ1v) is 6.47. The molecule has 2 unspecified atom stereocenters. The molecule has 4 saturated heterocycles. The van der Waals surface area contributed by atoms with Crippen LogP contribution in [0, 0.1) is 5.92 Å². The third kappa shape index (κ3) is 1.82. The lowest BCUT2D eigenvalue weighted by Gasteiger charge is -2.50. The molecule has 4 heterocycles. The molecule has 4 fully saturated rings. The minimum absolute atomic E-state index is 0.0199. The van der Waals surface area contributed by atoms with Gasteiger partial charge in [0.1, 0.15) is 6.04 Å². The van der Waals surface area contributed by atoms with E-state index in [0.717, 1.165) is 19.6 Å². The lowest BCUT2D eigenvalue weighted by atomic mass is 9.82. The second-order valence-electron chi connectivity index (χ2n) is 5.46. The second-order valence-corrected chi connectivity index (χ2v) is 5.46. The molecule has 4 aliphatic rings. The molecule has 5 nitrogen and oxygen atoms in total. The number of nitrogens with one attached hydrogen (secondary N) is 1. The predicted molar refractivity (Wildman–Crippen MR) is 62.3 cm³/mol. The Kier molecular flexibility index (Phi) is 2.58. The van der Waals surface area contributed by atoms with Gasteiger partial charge in [0.05, 0.1) is 6.54 Å². The summed E-state index contributed by atoms with van der Waals surface area (Å²) in [4.78, 5) is 27.9. The van der Waals surface area contributed by atoms with Crippen LogP contribution in [0.25, 0.3) is 0 Å². The zero-order chi connectivity index (χ0) is 12.0. The molecule has 0 saturated carbocycles. The van der Waals surface area contributed by atoms with E-state index < -0.39 is 0 Å². The fraction of sp³-hybridized carbons (Fsp3) is 0.833. The third-order valence-corrected chi connectivity index (χ3v) is 4.37. The van der Waals surface area contributed by atoms with E-state index in [2.05, 4.69) is 10.2 Å². The quantitative estimate of drug-likeness (QED) is 0.664. The van der Waals surface area contributed by atoms with Crippen molar-refractivity contribution in [3.63, 3.8) is 0 Å². The number of fused-ring (bicyclic) bond motifs is 3. The van der Waals surface area contributed by atoms with E-state index in [4.69, 9.17) is 0 Å². The lowest BCUT2D eigenvalue weighted by molar-refractivity contribution is -0.150. The Balaban J connectivity index is 1.78. The molecule has 1 N–H and O–H groups in total. The van der Waals surface area contributed by atoms with Crippen LogP contribution in [0.2, 0.25) is 0 Å². The highest BCUT2D eigenvalue weighted by atomic mass is 16.2. The highest BCUT2D eigenvalue weighted by Crippen LogP contribution is 2.31. The first kappa shape index (κ1) is 11.0. The molecule has 0 aliphatic carbocycles. The number of carbonyl (C=O) groups is 2. The Bertz CT molecular complexity index is 350. The number of rotatable bonds is 1. The first-order valence-electron chi connectivity index (χ1n) is 6.47. The van der Waals surface area contributed by atoms with E-state index in [1.165, 1.54) is 12.8 Å². The summed E-state index contributed by atoms with van der Waals surface area (Å²) in [6.07, 6.45) is 2.34. The van der Waals surface area contributed by atoms with Crippen LogP contribution in [0.4, 0.5) is 0 Å². The van der Waals surface area contributed by atoms with E-state index in [1.54, 1.807) is 6.92 Å².